The molecule has 0 aliphatic heterocycles. The first kappa shape index (κ1) is 21.2. The SMILES string of the molecule is CCc1ccc(-n2c(C)cc(/C=C3/C(C)=C(C#N)c4nc(N)c(C#N)c(C)c43)c2C)cc1. The lowest BCUT2D eigenvalue weighted by Crippen LogP contribution is -2.03. The molecule has 32 heavy (non-hydrogen) atoms. The lowest BCUT2D eigenvalue weighted by Gasteiger charge is -2.12. The highest BCUT2D eigenvalue weighted by atomic mass is 15.0. The summed E-state index contributed by atoms with van der Waals surface area (Å²) in [7, 11) is 0. The summed E-state index contributed by atoms with van der Waals surface area (Å²) in [6.45, 7) is 10.1. The minimum atomic E-state index is 0.166. The van der Waals surface area contributed by atoms with Crippen LogP contribution in [0.1, 0.15) is 58.7 Å². The molecule has 4 rings (SSSR count). The zero-order valence-corrected chi connectivity index (χ0v) is 19.0. The van der Waals surface area contributed by atoms with Crippen LogP contribution in [0, 0.1) is 43.4 Å². The zero-order valence-electron chi connectivity index (χ0n) is 19.0. The van der Waals surface area contributed by atoms with Crippen LogP contribution in [0.25, 0.3) is 22.9 Å². The van der Waals surface area contributed by atoms with Gasteiger partial charge in [-0.25, -0.2) is 4.98 Å². The van der Waals surface area contributed by atoms with E-state index in [1.807, 2.05) is 13.8 Å². The molecule has 2 aromatic heterocycles. The topological polar surface area (TPSA) is 91.4 Å². The molecule has 0 unspecified atom stereocenters. The number of hydrogen-bond acceptors (Lipinski definition) is 4. The molecule has 0 fully saturated rings. The average molecular weight is 420 g/mol. The van der Waals surface area contributed by atoms with Gasteiger partial charge in [0.15, 0.2) is 0 Å². The normalized spacial score (nSPS) is 13.9. The van der Waals surface area contributed by atoms with Crippen molar-refractivity contribution < 1.29 is 0 Å². The predicted molar refractivity (Wildman–Crippen MR) is 129 cm³/mol. The summed E-state index contributed by atoms with van der Waals surface area (Å²) in [5, 5.41) is 19.4. The van der Waals surface area contributed by atoms with Crippen molar-refractivity contribution in [2.45, 2.75) is 41.0 Å². The highest BCUT2D eigenvalue weighted by Gasteiger charge is 2.30. The quantitative estimate of drug-likeness (QED) is 0.592. The number of pyridine rings is 1. The van der Waals surface area contributed by atoms with Crippen molar-refractivity contribution in [2.75, 3.05) is 5.73 Å². The number of nitrogen functional groups attached to an aromatic ring is 1. The zero-order chi connectivity index (χ0) is 23.2. The lowest BCUT2D eigenvalue weighted by atomic mass is 9.95. The summed E-state index contributed by atoms with van der Waals surface area (Å²) in [6, 6.07) is 15.2. The van der Waals surface area contributed by atoms with E-state index >= 15 is 0 Å². The maximum atomic E-state index is 9.78. The predicted octanol–water partition coefficient (Wildman–Crippen LogP) is 5.67. The third-order valence-electron chi connectivity index (χ3n) is 6.36. The summed E-state index contributed by atoms with van der Waals surface area (Å²) in [5.41, 5.74) is 16.5. The number of fused-ring (bicyclic) bond motifs is 1. The van der Waals surface area contributed by atoms with Crippen LogP contribution in [0.3, 0.4) is 0 Å². The molecule has 1 aromatic carbocycles. The van der Waals surface area contributed by atoms with Crippen molar-refractivity contribution in [1.82, 2.24) is 9.55 Å². The maximum Gasteiger partial charge on any atom is 0.142 e. The Kier molecular flexibility index (Phi) is 5.20. The van der Waals surface area contributed by atoms with Crippen molar-refractivity contribution in [3.63, 3.8) is 0 Å². The summed E-state index contributed by atoms with van der Waals surface area (Å²) in [6.07, 6.45) is 3.11. The summed E-state index contributed by atoms with van der Waals surface area (Å²) >= 11 is 0. The van der Waals surface area contributed by atoms with E-state index in [1.54, 1.807) is 0 Å². The van der Waals surface area contributed by atoms with E-state index in [4.69, 9.17) is 5.73 Å². The fourth-order valence-electron chi connectivity index (χ4n) is 4.56. The molecule has 0 saturated heterocycles. The second kappa shape index (κ2) is 7.87. The molecule has 0 radical (unpaired) electrons. The van der Waals surface area contributed by atoms with Crippen LogP contribution in [-0.2, 0) is 6.42 Å². The Hall–Kier alpha value is -4.09. The largest absolute Gasteiger partial charge is 0.383 e. The average Bonchev–Trinajstić information content (AvgIpc) is 3.20. The molecular formula is C27H25N5. The highest BCUT2D eigenvalue weighted by molar-refractivity contribution is 6.08. The fraction of sp³-hybridized carbons (Fsp3) is 0.222. The Bertz CT molecular complexity index is 1400. The summed E-state index contributed by atoms with van der Waals surface area (Å²) in [4.78, 5) is 4.42. The van der Waals surface area contributed by atoms with Crippen LogP contribution in [0.5, 0.6) is 0 Å². The van der Waals surface area contributed by atoms with E-state index in [1.165, 1.54) is 5.56 Å². The van der Waals surface area contributed by atoms with Gasteiger partial charge in [-0.2, -0.15) is 10.5 Å². The van der Waals surface area contributed by atoms with Gasteiger partial charge in [-0.1, -0.05) is 19.1 Å². The van der Waals surface area contributed by atoms with Crippen LogP contribution in [0.4, 0.5) is 5.82 Å². The molecule has 0 amide bonds. The first-order valence-corrected chi connectivity index (χ1v) is 10.6. The minimum absolute atomic E-state index is 0.166. The number of nitriles is 2. The molecule has 0 saturated carbocycles. The summed E-state index contributed by atoms with van der Waals surface area (Å²) in [5.74, 6) is 0.166. The minimum Gasteiger partial charge on any atom is -0.383 e. The van der Waals surface area contributed by atoms with E-state index < -0.39 is 0 Å². The van der Waals surface area contributed by atoms with E-state index in [2.05, 4.69) is 78.9 Å². The van der Waals surface area contributed by atoms with Crippen molar-refractivity contribution in [2.24, 2.45) is 0 Å². The molecule has 5 heteroatoms. The lowest BCUT2D eigenvalue weighted by molar-refractivity contribution is 0.961. The Labute approximate surface area is 188 Å². The summed E-state index contributed by atoms with van der Waals surface area (Å²) < 4.78 is 2.24. The van der Waals surface area contributed by atoms with Crippen molar-refractivity contribution in [3.05, 3.63) is 80.8 Å². The first-order chi connectivity index (χ1) is 15.3. The van der Waals surface area contributed by atoms with Crippen molar-refractivity contribution in [1.29, 1.82) is 10.5 Å². The van der Waals surface area contributed by atoms with Crippen LogP contribution in [-0.4, -0.2) is 9.55 Å². The van der Waals surface area contributed by atoms with Crippen LogP contribution in [0.2, 0.25) is 0 Å². The van der Waals surface area contributed by atoms with Crippen LogP contribution >= 0.6 is 0 Å². The van der Waals surface area contributed by atoms with Gasteiger partial charge in [-0.05, 0) is 86.2 Å². The third kappa shape index (κ3) is 3.11. The monoisotopic (exact) mass is 419 g/mol. The standard InChI is InChI=1S/C27H25N5/c1-6-19-7-9-21(10-8-19)32-15(2)11-20(18(32)5)12-22-16(3)23(13-28)26-25(22)17(4)24(14-29)27(30)31-26/h7-12H,6H2,1-5H3,(H2,30,31)/b22-12-. The van der Waals surface area contributed by atoms with Crippen LogP contribution in [0.15, 0.2) is 35.9 Å². The number of aromatic nitrogens is 2. The molecule has 0 bridgehead atoms. The van der Waals surface area contributed by atoms with Gasteiger partial charge in [-0.3, -0.25) is 0 Å². The maximum absolute atomic E-state index is 9.78. The van der Waals surface area contributed by atoms with E-state index in [0.29, 0.717) is 16.8 Å². The Balaban J connectivity index is 1.92. The number of anilines is 1. The van der Waals surface area contributed by atoms with E-state index in [-0.39, 0.29) is 5.82 Å². The highest BCUT2D eigenvalue weighted by Crippen LogP contribution is 2.44. The molecule has 0 atom stereocenters. The number of rotatable bonds is 3. The van der Waals surface area contributed by atoms with Crippen LogP contribution < -0.4 is 5.73 Å². The Morgan fingerprint density at radius 1 is 1.06 bits per heavy atom. The Morgan fingerprint density at radius 2 is 1.75 bits per heavy atom. The van der Waals surface area contributed by atoms with Gasteiger partial charge >= 0.3 is 0 Å². The van der Waals surface area contributed by atoms with Crippen molar-refractivity contribution >= 4 is 23.0 Å². The van der Waals surface area contributed by atoms with Gasteiger partial charge in [0.25, 0.3) is 0 Å². The number of nitrogens with zero attached hydrogens (tertiary/aromatic N) is 4. The number of benzene rings is 1. The molecule has 158 valence electrons. The molecule has 0 spiro atoms. The Morgan fingerprint density at radius 3 is 2.34 bits per heavy atom. The second-order valence-electron chi connectivity index (χ2n) is 8.18. The number of hydrogen-bond donors (Lipinski definition) is 1. The number of nitrogens with two attached hydrogens (primary N) is 1. The van der Waals surface area contributed by atoms with Gasteiger partial charge in [-0.15, -0.1) is 0 Å². The van der Waals surface area contributed by atoms with Gasteiger partial charge in [0.1, 0.15) is 18.0 Å². The molecule has 1 aliphatic carbocycles. The third-order valence-corrected chi connectivity index (χ3v) is 6.36. The molecule has 5 nitrogen and oxygen atoms in total. The molecule has 3 aromatic rings. The molecule has 2 heterocycles. The molecule has 2 N–H and O–H groups in total. The van der Waals surface area contributed by atoms with Crippen molar-refractivity contribution in [3.8, 4) is 17.8 Å². The molecule has 1 aliphatic rings. The van der Waals surface area contributed by atoms with Gasteiger partial charge in [0.05, 0.1) is 16.8 Å². The van der Waals surface area contributed by atoms with E-state index in [0.717, 1.165) is 51.3 Å². The second-order valence-corrected chi connectivity index (χ2v) is 8.18. The first-order valence-electron chi connectivity index (χ1n) is 10.6. The number of allylic oxidation sites excluding steroid dienone is 3. The number of aryl methyl sites for hydroxylation is 2. The van der Waals surface area contributed by atoms with Gasteiger partial charge in [0.2, 0.25) is 0 Å². The van der Waals surface area contributed by atoms with Gasteiger partial charge in [0, 0.05) is 22.6 Å². The van der Waals surface area contributed by atoms with E-state index in [9.17, 15) is 10.5 Å². The molecular weight excluding hydrogens is 394 g/mol. The smallest absolute Gasteiger partial charge is 0.142 e. The fourth-order valence-corrected chi connectivity index (χ4v) is 4.56. The van der Waals surface area contributed by atoms with Gasteiger partial charge < -0.3 is 10.3 Å².